The molecule has 2 amide bonds. The molecule has 1 saturated heterocycles. The molecule has 318 valence electrons. The van der Waals surface area contributed by atoms with Crippen molar-refractivity contribution >= 4 is 44.5 Å². The van der Waals surface area contributed by atoms with Gasteiger partial charge < -0.3 is 19.1 Å². The summed E-state index contributed by atoms with van der Waals surface area (Å²) in [6, 6.07) is 6.02. The summed E-state index contributed by atoms with van der Waals surface area (Å²) in [4.78, 5) is 62.4. The lowest BCUT2D eigenvalue weighted by Crippen LogP contribution is -2.48. The average molecular weight is 834 g/mol. The van der Waals surface area contributed by atoms with Crippen LogP contribution in [0.4, 0.5) is 13.2 Å². The standard InChI is InChI=1S/C42H54F3N3O9S/c1-7-55-29-12-13-33-27(17-29)18-30(23-46-33)56-31-19-34-35(49)22-41(38(52)47-58(53,54)40(6)14-15-40)21-28(41)11-9-8-10-25(2)16-26(3)32(37(51)48(34)24-31)20-36(50)57-39(4,5)42(43,44)45/h9,11-13,17-18,23,25-26,28,31-32,34H,7-8,10,14-16,19-22,24H2,1-6H3,(H,47,52)/b11-9-/t25-,26-,28-,31-,32+,34+,41-/m1/s1. The Labute approximate surface area is 337 Å². The van der Waals surface area contributed by atoms with Gasteiger partial charge in [-0.1, -0.05) is 26.0 Å². The van der Waals surface area contributed by atoms with Crippen molar-refractivity contribution in [1.29, 1.82) is 0 Å². The predicted molar refractivity (Wildman–Crippen MR) is 208 cm³/mol. The predicted octanol–water partition coefficient (Wildman–Crippen LogP) is 6.85. The van der Waals surface area contributed by atoms with Gasteiger partial charge in [-0.05, 0) is 108 Å². The highest BCUT2D eigenvalue weighted by Gasteiger charge is 2.63. The number of ether oxygens (including phenoxy) is 3. The summed E-state index contributed by atoms with van der Waals surface area (Å²) in [7, 11) is -4.02. The van der Waals surface area contributed by atoms with Gasteiger partial charge in [0.25, 0.3) is 0 Å². The SMILES string of the molecule is CCOc1ccc2ncc(O[C@@H]3C[C@H]4C(=O)C[C@]5(C(=O)NS(=O)(=O)C6(C)CC6)C[C@H]5/C=C\CC[C@@H](C)C[C@@H](C)[C@H](CC(=O)OC(C)(C)C(F)(F)F)C(=O)N4C3)cc2c1. The first-order valence-electron chi connectivity index (χ1n) is 20.1. The van der Waals surface area contributed by atoms with Crippen LogP contribution in [0.3, 0.4) is 0 Å². The Balaban J connectivity index is 1.33. The van der Waals surface area contributed by atoms with Crippen LogP contribution < -0.4 is 14.2 Å². The zero-order valence-electron chi connectivity index (χ0n) is 33.9. The fourth-order valence-corrected chi connectivity index (χ4v) is 9.58. The van der Waals surface area contributed by atoms with Gasteiger partial charge >= 0.3 is 12.1 Å². The van der Waals surface area contributed by atoms with Crippen LogP contribution in [-0.2, 0) is 33.9 Å². The summed E-state index contributed by atoms with van der Waals surface area (Å²) in [6.45, 7) is 9.01. The smallest absolute Gasteiger partial charge is 0.427 e. The number of benzene rings is 1. The van der Waals surface area contributed by atoms with Crippen molar-refractivity contribution in [3.63, 3.8) is 0 Å². The molecule has 58 heavy (non-hydrogen) atoms. The summed E-state index contributed by atoms with van der Waals surface area (Å²) in [6.07, 6.45) is 1.42. The number of ketones is 1. The van der Waals surface area contributed by atoms with E-state index in [9.17, 15) is 40.8 Å². The van der Waals surface area contributed by atoms with Crippen LogP contribution in [0, 0.1) is 29.1 Å². The van der Waals surface area contributed by atoms with Crippen molar-refractivity contribution in [1.82, 2.24) is 14.6 Å². The number of nitrogens with one attached hydrogen (secondary N) is 1. The molecule has 3 heterocycles. The molecule has 3 fully saturated rings. The number of nitrogens with zero attached hydrogens (tertiary/aromatic N) is 2. The molecule has 2 aliphatic heterocycles. The van der Waals surface area contributed by atoms with E-state index < -0.39 is 91.8 Å². The molecule has 2 aromatic rings. The van der Waals surface area contributed by atoms with E-state index in [4.69, 9.17) is 14.2 Å². The van der Waals surface area contributed by atoms with Gasteiger partial charge in [-0.25, -0.2) is 8.42 Å². The summed E-state index contributed by atoms with van der Waals surface area (Å²) in [5, 5.41) is 0.725. The molecule has 2 aliphatic carbocycles. The van der Waals surface area contributed by atoms with E-state index in [0.29, 0.717) is 55.7 Å². The number of esters is 1. The van der Waals surface area contributed by atoms with Gasteiger partial charge in [-0.15, -0.1) is 0 Å². The minimum Gasteiger partial charge on any atom is -0.494 e. The van der Waals surface area contributed by atoms with Crippen LogP contribution in [0.15, 0.2) is 42.6 Å². The zero-order chi connectivity index (χ0) is 42.4. The highest BCUT2D eigenvalue weighted by Crippen LogP contribution is 2.58. The number of alkyl halides is 3. The van der Waals surface area contributed by atoms with Crippen LogP contribution in [0.2, 0.25) is 0 Å². The van der Waals surface area contributed by atoms with Crippen LogP contribution in [0.5, 0.6) is 11.5 Å². The lowest BCUT2D eigenvalue weighted by atomic mass is 9.82. The number of carbonyl (C=O) groups excluding carboxylic acids is 4. The first-order chi connectivity index (χ1) is 27.1. The third kappa shape index (κ3) is 9.16. The number of halogens is 3. The van der Waals surface area contributed by atoms with Gasteiger partial charge in [-0.3, -0.25) is 28.9 Å². The van der Waals surface area contributed by atoms with E-state index in [1.54, 1.807) is 32.0 Å². The zero-order valence-corrected chi connectivity index (χ0v) is 34.7. The quantitative estimate of drug-likeness (QED) is 0.198. The van der Waals surface area contributed by atoms with Gasteiger partial charge in [0.05, 0.1) is 53.4 Å². The van der Waals surface area contributed by atoms with Gasteiger partial charge in [0.15, 0.2) is 5.78 Å². The molecular formula is C42H54F3N3O9S. The third-order valence-corrected chi connectivity index (χ3v) is 14.6. The summed E-state index contributed by atoms with van der Waals surface area (Å²) in [5.41, 5.74) is -3.50. The van der Waals surface area contributed by atoms with Crippen molar-refractivity contribution < 1.29 is 55.0 Å². The number of sulfonamides is 1. The molecule has 0 spiro atoms. The molecular weight excluding hydrogens is 780 g/mol. The largest absolute Gasteiger partial charge is 0.494 e. The third-order valence-electron chi connectivity index (χ3n) is 12.5. The molecule has 16 heteroatoms. The monoisotopic (exact) mass is 833 g/mol. The van der Waals surface area contributed by atoms with E-state index in [-0.39, 0.29) is 31.7 Å². The molecule has 1 aromatic heterocycles. The number of carbonyl (C=O) groups is 4. The van der Waals surface area contributed by atoms with E-state index in [1.165, 1.54) is 11.1 Å². The highest BCUT2D eigenvalue weighted by atomic mass is 32.2. The number of hydrogen-bond donors (Lipinski definition) is 1. The Morgan fingerprint density at radius 2 is 1.78 bits per heavy atom. The molecule has 6 rings (SSSR count). The fourth-order valence-electron chi connectivity index (χ4n) is 8.25. The Morgan fingerprint density at radius 3 is 2.45 bits per heavy atom. The molecule has 0 unspecified atom stereocenters. The van der Waals surface area contributed by atoms with Crippen LogP contribution in [-0.4, -0.2) is 83.7 Å². The molecule has 4 aliphatic rings. The lowest BCUT2D eigenvalue weighted by molar-refractivity contribution is -0.257. The van der Waals surface area contributed by atoms with Crippen LogP contribution in [0.25, 0.3) is 10.9 Å². The van der Waals surface area contributed by atoms with Crippen molar-refractivity contribution in [2.45, 2.75) is 128 Å². The van der Waals surface area contributed by atoms with E-state index in [1.807, 2.05) is 32.1 Å². The van der Waals surface area contributed by atoms with E-state index >= 15 is 0 Å². The Hall–Kier alpha value is -4.21. The first kappa shape index (κ1) is 43.4. The van der Waals surface area contributed by atoms with Crippen molar-refractivity contribution in [3.8, 4) is 11.5 Å². The Bertz CT molecular complexity index is 2070. The number of amides is 2. The average Bonchev–Trinajstić information content (AvgIpc) is 4.01. The molecule has 1 N–H and O–H groups in total. The fraction of sp³-hybridized carbons (Fsp3) is 0.643. The number of allylic oxidation sites excluding steroid dienone is 2. The molecule has 2 saturated carbocycles. The second kappa shape index (κ2) is 16.1. The molecule has 12 nitrogen and oxygen atoms in total. The second-order valence-electron chi connectivity index (χ2n) is 17.6. The van der Waals surface area contributed by atoms with Crippen molar-refractivity contribution in [2.24, 2.45) is 29.1 Å². The lowest BCUT2D eigenvalue weighted by Gasteiger charge is -2.33. The topological polar surface area (TPSA) is 158 Å². The van der Waals surface area contributed by atoms with Gasteiger partial charge in [-0.2, -0.15) is 13.2 Å². The van der Waals surface area contributed by atoms with E-state index in [2.05, 4.69) is 9.71 Å². The maximum absolute atomic E-state index is 14.8. The first-order valence-corrected chi connectivity index (χ1v) is 21.6. The van der Waals surface area contributed by atoms with Crippen LogP contribution >= 0.6 is 0 Å². The molecule has 7 atom stereocenters. The van der Waals surface area contributed by atoms with E-state index in [0.717, 1.165) is 19.2 Å². The van der Waals surface area contributed by atoms with Crippen LogP contribution in [0.1, 0.15) is 99.3 Å². The summed E-state index contributed by atoms with van der Waals surface area (Å²) >= 11 is 0. The highest BCUT2D eigenvalue weighted by molar-refractivity contribution is 7.91. The maximum atomic E-state index is 14.8. The number of fused-ring (bicyclic) bond motifs is 3. The maximum Gasteiger partial charge on any atom is 0.427 e. The van der Waals surface area contributed by atoms with Gasteiger partial charge in [0.2, 0.25) is 27.4 Å². The summed E-state index contributed by atoms with van der Waals surface area (Å²) in [5.74, 6) is -4.13. The minimum absolute atomic E-state index is 0.000768. The Morgan fingerprint density at radius 1 is 1.07 bits per heavy atom. The number of Topliss-reactive ketones (excluding diaryl/α,β-unsaturated/α-hetero) is 1. The molecule has 1 aromatic carbocycles. The van der Waals surface area contributed by atoms with Gasteiger partial charge in [0.1, 0.15) is 17.6 Å². The number of hydrogen-bond acceptors (Lipinski definition) is 10. The number of aromatic nitrogens is 1. The Kier molecular flexibility index (Phi) is 12.0. The number of pyridine rings is 1. The van der Waals surface area contributed by atoms with Crippen molar-refractivity contribution in [3.05, 3.63) is 42.6 Å². The van der Waals surface area contributed by atoms with Gasteiger partial charge in [0, 0.05) is 18.2 Å². The molecule has 0 bridgehead atoms. The normalized spacial score (nSPS) is 29.6. The van der Waals surface area contributed by atoms with Crippen molar-refractivity contribution in [2.75, 3.05) is 13.2 Å². The second-order valence-corrected chi connectivity index (χ2v) is 19.7. The minimum atomic E-state index is -4.86. The molecule has 0 radical (unpaired) electrons. The summed E-state index contributed by atoms with van der Waals surface area (Å²) < 4.78 is 85.8. The number of rotatable bonds is 10.